The summed E-state index contributed by atoms with van der Waals surface area (Å²) in [5.74, 6) is -0.356. The molecule has 8 heteroatoms. The highest BCUT2D eigenvalue weighted by Gasteiger charge is 2.25. The van der Waals surface area contributed by atoms with Crippen LogP contribution in [-0.4, -0.2) is 51.6 Å². The molecule has 0 spiro atoms. The zero-order chi connectivity index (χ0) is 20.8. The summed E-state index contributed by atoms with van der Waals surface area (Å²) in [5, 5.41) is 2.95. The van der Waals surface area contributed by atoms with E-state index in [9.17, 15) is 14.4 Å². The van der Waals surface area contributed by atoms with Gasteiger partial charge in [0, 0.05) is 38.2 Å². The van der Waals surface area contributed by atoms with Crippen LogP contribution in [0.15, 0.2) is 24.4 Å². The molecule has 0 bridgehead atoms. The third kappa shape index (κ3) is 5.13. The Kier molecular flexibility index (Phi) is 6.85. The van der Waals surface area contributed by atoms with Gasteiger partial charge in [-0.3, -0.25) is 18.8 Å². The lowest BCUT2D eigenvalue weighted by molar-refractivity contribution is -0.135. The molecule has 0 aliphatic carbocycles. The van der Waals surface area contributed by atoms with Gasteiger partial charge < -0.3 is 16.0 Å². The number of carbonyl (C=O) groups excluding carboxylic acids is 3. The van der Waals surface area contributed by atoms with Crippen LogP contribution in [0.5, 0.6) is 0 Å². The number of likely N-dealkylation sites (tertiary alicyclic amines) is 1. The zero-order valence-electron chi connectivity index (χ0n) is 16.9. The fourth-order valence-electron chi connectivity index (χ4n) is 3.82. The predicted molar refractivity (Wildman–Crippen MR) is 109 cm³/mol. The Labute approximate surface area is 170 Å². The number of aromatic nitrogens is 2. The van der Waals surface area contributed by atoms with Crippen molar-refractivity contribution in [2.24, 2.45) is 11.7 Å². The van der Waals surface area contributed by atoms with Crippen LogP contribution in [0.25, 0.3) is 5.65 Å². The molecule has 3 heterocycles. The molecule has 2 aromatic heterocycles. The number of nitrogens with one attached hydrogen (secondary N) is 1. The van der Waals surface area contributed by atoms with Crippen LogP contribution in [-0.2, 0) is 9.59 Å². The average molecular weight is 399 g/mol. The summed E-state index contributed by atoms with van der Waals surface area (Å²) in [7, 11) is 0. The summed E-state index contributed by atoms with van der Waals surface area (Å²) in [6, 6.07) is 5.64. The number of nitrogens with zero attached hydrogens (tertiary/aromatic N) is 3. The molecule has 8 nitrogen and oxygen atoms in total. The number of piperidine rings is 1. The van der Waals surface area contributed by atoms with Crippen molar-refractivity contribution in [3.05, 3.63) is 35.8 Å². The number of nitrogens with two attached hydrogens (primary N) is 1. The Balaban J connectivity index is 1.34. The smallest absolute Gasteiger partial charge is 0.270 e. The van der Waals surface area contributed by atoms with E-state index in [0.29, 0.717) is 50.3 Å². The number of aryl methyl sites for hydroxylation is 1. The van der Waals surface area contributed by atoms with Crippen molar-refractivity contribution < 1.29 is 14.4 Å². The van der Waals surface area contributed by atoms with Crippen LogP contribution in [0.4, 0.5) is 0 Å². The fourth-order valence-corrected chi connectivity index (χ4v) is 3.82. The van der Waals surface area contributed by atoms with Crippen molar-refractivity contribution in [2.45, 2.75) is 45.4 Å². The number of imidazole rings is 1. The summed E-state index contributed by atoms with van der Waals surface area (Å²) in [6.45, 7) is 3.62. The van der Waals surface area contributed by atoms with Gasteiger partial charge in [0.1, 0.15) is 11.3 Å². The van der Waals surface area contributed by atoms with E-state index in [2.05, 4.69) is 10.3 Å². The number of rotatable bonds is 8. The van der Waals surface area contributed by atoms with Gasteiger partial charge in [-0.15, -0.1) is 0 Å². The molecule has 1 aliphatic heterocycles. The standard InChI is InChI=1S/C21H29N5O3/c1-15-19(26-12-6-4-7-17(26)24-15)21(29)23-11-5-2-3-8-18(27)25-13-9-16(10-14-25)20(22)28/h4,6-7,12,16H,2-3,5,8-11,13-14H2,1H3,(H2,22,28)(H,23,29). The summed E-state index contributed by atoms with van der Waals surface area (Å²) in [5.41, 5.74) is 7.36. The normalized spacial score (nSPS) is 14.9. The number of unbranched alkanes of at least 4 members (excludes halogenated alkanes) is 2. The molecule has 0 unspecified atom stereocenters. The first-order valence-electron chi connectivity index (χ1n) is 10.3. The fraction of sp³-hybridized carbons (Fsp3) is 0.524. The highest BCUT2D eigenvalue weighted by molar-refractivity contribution is 5.94. The van der Waals surface area contributed by atoms with Crippen LogP contribution in [0, 0.1) is 12.8 Å². The molecule has 0 aromatic carbocycles. The topological polar surface area (TPSA) is 110 Å². The number of hydrogen-bond donors (Lipinski definition) is 2. The maximum absolute atomic E-state index is 12.5. The van der Waals surface area contributed by atoms with Gasteiger partial charge in [0.2, 0.25) is 11.8 Å². The minimum absolute atomic E-state index is 0.0980. The van der Waals surface area contributed by atoms with E-state index in [1.807, 2.05) is 36.2 Å². The van der Waals surface area contributed by atoms with Crippen LogP contribution >= 0.6 is 0 Å². The van der Waals surface area contributed by atoms with E-state index >= 15 is 0 Å². The number of carbonyl (C=O) groups is 3. The molecular formula is C21H29N5O3. The van der Waals surface area contributed by atoms with Gasteiger partial charge in [-0.25, -0.2) is 4.98 Å². The summed E-state index contributed by atoms with van der Waals surface area (Å²) < 4.78 is 1.80. The molecule has 0 radical (unpaired) electrons. The predicted octanol–water partition coefficient (Wildman–Crippen LogP) is 1.66. The highest BCUT2D eigenvalue weighted by atomic mass is 16.2. The zero-order valence-corrected chi connectivity index (χ0v) is 16.9. The van der Waals surface area contributed by atoms with Crippen LogP contribution < -0.4 is 11.1 Å². The lowest BCUT2D eigenvalue weighted by Crippen LogP contribution is -2.41. The molecule has 156 valence electrons. The second kappa shape index (κ2) is 9.54. The minimum atomic E-state index is -0.265. The Morgan fingerprint density at radius 3 is 2.66 bits per heavy atom. The average Bonchev–Trinajstić information content (AvgIpc) is 3.06. The molecule has 3 rings (SSSR count). The Bertz CT molecular complexity index is 884. The van der Waals surface area contributed by atoms with Crippen molar-refractivity contribution in [1.29, 1.82) is 0 Å². The lowest BCUT2D eigenvalue weighted by Gasteiger charge is -2.30. The molecule has 3 amide bonds. The molecule has 1 aliphatic rings. The molecule has 0 atom stereocenters. The van der Waals surface area contributed by atoms with Gasteiger partial charge in [0.25, 0.3) is 5.91 Å². The SMILES string of the molecule is Cc1nc2ccccn2c1C(=O)NCCCCCC(=O)N1CCC(C(N)=O)CC1. The van der Waals surface area contributed by atoms with E-state index in [-0.39, 0.29) is 23.6 Å². The first-order chi connectivity index (χ1) is 14.0. The Morgan fingerprint density at radius 1 is 1.17 bits per heavy atom. The molecule has 1 fully saturated rings. The number of amides is 3. The highest BCUT2D eigenvalue weighted by Crippen LogP contribution is 2.18. The Morgan fingerprint density at radius 2 is 1.93 bits per heavy atom. The second-order valence-electron chi connectivity index (χ2n) is 7.60. The summed E-state index contributed by atoms with van der Waals surface area (Å²) in [4.78, 5) is 42.2. The Hall–Kier alpha value is -2.90. The van der Waals surface area contributed by atoms with Gasteiger partial charge in [-0.1, -0.05) is 12.5 Å². The van der Waals surface area contributed by atoms with Crippen LogP contribution in [0.1, 0.15) is 54.7 Å². The first-order valence-corrected chi connectivity index (χ1v) is 10.3. The van der Waals surface area contributed by atoms with Gasteiger partial charge >= 0.3 is 0 Å². The molecular weight excluding hydrogens is 370 g/mol. The van der Waals surface area contributed by atoms with Crippen molar-refractivity contribution in [3.63, 3.8) is 0 Å². The second-order valence-corrected chi connectivity index (χ2v) is 7.60. The van der Waals surface area contributed by atoms with Crippen molar-refractivity contribution >= 4 is 23.4 Å². The van der Waals surface area contributed by atoms with E-state index < -0.39 is 0 Å². The number of fused-ring (bicyclic) bond motifs is 1. The largest absolute Gasteiger partial charge is 0.369 e. The van der Waals surface area contributed by atoms with Crippen LogP contribution in [0.3, 0.4) is 0 Å². The maximum atomic E-state index is 12.5. The molecule has 29 heavy (non-hydrogen) atoms. The number of pyridine rings is 1. The summed E-state index contributed by atoms with van der Waals surface area (Å²) in [6.07, 6.45) is 6.14. The third-order valence-corrected chi connectivity index (χ3v) is 5.52. The molecule has 2 aromatic rings. The van der Waals surface area contributed by atoms with Crippen molar-refractivity contribution in [2.75, 3.05) is 19.6 Å². The summed E-state index contributed by atoms with van der Waals surface area (Å²) >= 11 is 0. The first kappa shape index (κ1) is 20.8. The van der Waals surface area contributed by atoms with E-state index in [1.165, 1.54) is 0 Å². The third-order valence-electron chi connectivity index (χ3n) is 5.52. The minimum Gasteiger partial charge on any atom is -0.369 e. The maximum Gasteiger partial charge on any atom is 0.270 e. The molecule has 3 N–H and O–H groups in total. The van der Waals surface area contributed by atoms with E-state index in [1.54, 1.807) is 4.40 Å². The van der Waals surface area contributed by atoms with Crippen LogP contribution in [0.2, 0.25) is 0 Å². The molecule has 1 saturated heterocycles. The van der Waals surface area contributed by atoms with Gasteiger partial charge in [-0.2, -0.15) is 0 Å². The number of primary amides is 1. The molecule has 0 saturated carbocycles. The number of hydrogen-bond acceptors (Lipinski definition) is 4. The van der Waals surface area contributed by atoms with Gasteiger partial charge in [0.15, 0.2) is 0 Å². The lowest BCUT2D eigenvalue weighted by atomic mass is 9.96. The van der Waals surface area contributed by atoms with Crippen molar-refractivity contribution in [1.82, 2.24) is 19.6 Å². The monoisotopic (exact) mass is 399 g/mol. The van der Waals surface area contributed by atoms with Gasteiger partial charge in [-0.05, 0) is 44.7 Å². The van der Waals surface area contributed by atoms with Crippen molar-refractivity contribution in [3.8, 4) is 0 Å². The quantitative estimate of drug-likeness (QED) is 0.658. The van der Waals surface area contributed by atoms with Gasteiger partial charge in [0.05, 0.1) is 5.69 Å². The van der Waals surface area contributed by atoms with E-state index in [0.717, 1.165) is 24.9 Å². The van der Waals surface area contributed by atoms with E-state index in [4.69, 9.17) is 5.73 Å².